The lowest BCUT2D eigenvalue weighted by Crippen LogP contribution is -2.46. The monoisotopic (exact) mass is 360 g/mol. The standard InChI is InChI=1S/C18H26N4P2/c1-15-7-11-17(12-8-15)21-23(19(3)4)22(24(21)20(5)6)18-13-9-16(2)10-14-18/h7-14H,1-6H3. The van der Waals surface area contributed by atoms with Gasteiger partial charge in [0.05, 0.1) is 0 Å². The lowest BCUT2D eigenvalue weighted by atomic mass is 10.2. The highest BCUT2D eigenvalue weighted by Crippen LogP contribution is 2.79. The van der Waals surface area contributed by atoms with E-state index in [1.54, 1.807) is 0 Å². The van der Waals surface area contributed by atoms with Gasteiger partial charge < -0.3 is 0 Å². The van der Waals surface area contributed by atoms with Gasteiger partial charge in [-0.25, -0.2) is 0 Å². The number of anilines is 2. The third-order valence-corrected chi connectivity index (χ3v) is 9.55. The van der Waals surface area contributed by atoms with Crippen molar-refractivity contribution in [3.8, 4) is 0 Å². The van der Waals surface area contributed by atoms with Crippen LogP contribution in [0.3, 0.4) is 0 Å². The van der Waals surface area contributed by atoms with Crippen LogP contribution in [0.1, 0.15) is 11.1 Å². The molecule has 1 aliphatic heterocycles. The van der Waals surface area contributed by atoms with Gasteiger partial charge in [-0.15, -0.1) is 0 Å². The Morgan fingerprint density at radius 1 is 0.583 bits per heavy atom. The summed E-state index contributed by atoms with van der Waals surface area (Å²) in [4.78, 5) is 0. The Morgan fingerprint density at radius 3 is 1.12 bits per heavy atom. The van der Waals surface area contributed by atoms with E-state index in [1.165, 1.54) is 22.5 Å². The number of rotatable bonds is 4. The molecule has 1 heterocycles. The molecule has 128 valence electrons. The van der Waals surface area contributed by atoms with E-state index < -0.39 is 16.7 Å². The van der Waals surface area contributed by atoms with Gasteiger partial charge in [0.2, 0.25) is 0 Å². The second kappa shape index (κ2) is 6.98. The maximum Gasteiger partial charge on any atom is 0.189 e. The summed E-state index contributed by atoms with van der Waals surface area (Å²) in [6.07, 6.45) is 0. The minimum Gasteiger partial charge on any atom is -0.269 e. The fourth-order valence-electron chi connectivity index (χ4n) is 2.72. The van der Waals surface area contributed by atoms with Crippen LogP contribution in [0.25, 0.3) is 0 Å². The smallest absolute Gasteiger partial charge is 0.189 e. The topological polar surface area (TPSA) is 13.0 Å². The average molecular weight is 360 g/mol. The molecule has 24 heavy (non-hydrogen) atoms. The Labute approximate surface area is 148 Å². The van der Waals surface area contributed by atoms with E-state index in [-0.39, 0.29) is 0 Å². The molecule has 0 aliphatic carbocycles. The van der Waals surface area contributed by atoms with Crippen molar-refractivity contribution < 1.29 is 0 Å². The normalized spacial score (nSPS) is 20.7. The summed E-state index contributed by atoms with van der Waals surface area (Å²) in [6.45, 7) is 4.28. The molecule has 3 rings (SSSR count). The maximum absolute atomic E-state index is 2.59. The summed E-state index contributed by atoms with van der Waals surface area (Å²) in [5.41, 5.74) is 5.23. The second-order valence-corrected chi connectivity index (χ2v) is 11.4. The van der Waals surface area contributed by atoms with Crippen molar-refractivity contribution in [2.75, 3.05) is 37.1 Å². The molecule has 6 heteroatoms. The average Bonchev–Trinajstić information content (AvgIpc) is 2.49. The van der Waals surface area contributed by atoms with E-state index in [0.29, 0.717) is 0 Å². The molecule has 0 saturated carbocycles. The van der Waals surface area contributed by atoms with Crippen LogP contribution in [0.15, 0.2) is 48.5 Å². The highest BCUT2D eigenvalue weighted by molar-refractivity contribution is 7.93. The Kier molecular flexibility index (Phi) is 5.13. The summed E-state index contributed by atoms with van der Waals surface area (Å²) < 4.78 is 9.86. The lowest BCUT2D eigenvalue weighted by molar-refractivity contribution is 0.646. The molecule has 0 bridgehead atoms. The van der Waals surface area contributed by atoms with Gasteiger partial charge in [-0.05, 0) is 66.3 Å². The van der Waals surface area contributed by atoms with E-state index in [0.717, 1.165) is 0 Å². The van der Waals surface area contributed by atoms with Crippen LogP contribution in [-0.4, -0.2) is 37.5 Å². The first kappa shape index (κ1) is 17.6. The lowest BCUT2D eigenvalue weighted by Gasteiger charge is -2.60. The Hall–Kier alpha value is -1.18. The fourth-order valence-corrected chi connectivity index (χ4v) is 9.26. The number of benzene rings is 2. The minimum atomic E-state index is -0.540. The first-order valence-corrected chi connectivity index (χ1v) is 10.5. The number of aryl methyl sites for hydroxylation is 2. The van der Waals surface area contributed by atoms with Crippen molar-refractivity contribution in [2.24, 2.45) is 0 Å². The summed E-state index contributed by atoms with van der Waals surface area (Å²) in [6, 6.07) is 17.8. The summed E-state index contributed by atoms with van der Waals surface area (Å²) in [5, 5.41) is 0. The van der Waals surface area contributed by atoms with E-state index in [9.17, 15) is 0 Å². The van der Waals surface area contributed by atoms with Crippen molar-refractivity contribution >= 4 is 28.1 Å². The van der Waals surface area contributed by atoms with Gasteiger partial charge in [0.25, 0.3) is 0 Å². The summed E-state index contributed by atoms with van der Waals surface area (Å²) >= 11 is 0. The molecule has 2 aromatic rings. The van der Waals surface area contributed by atoms with Gasteiger partial charge >= 0.3 is 0 Å². The van der Waals surface area contributed by atoms with Crippen LogP contribution < -0.4 is 8.88 Å². The molecule has 0 radical (unpaired) electrons. The van der Waals surface area contributed by atoms with Crippen LogP contribution in [0.4, 0.5) is 11.4 Å². The maximum atomic E-state index is 2.59. The van der Waals surface area contributed by atoms with Gasteiger partial charge in [0, 0.05) is 11.4 Å². The van der Waals surface area contributed by atoms with Crippen molar-refractivity contribution in [1.82, 2.24) is 9.34 Å². The van der Waals surface area contributed by atoms with Crippen molar-refractivity contribution in [2.45, 2.75) is 13.8 Å². The van der Waals surface area contributed by atoms with E-state index >= 15 is 0 Å². The third kappa shape index (κ3) is 3.17. The van der Waals surface area contributed by atoms with Gasteiger partial charge in [-0.1, -0.05) is 35.4 Å². The Balaban J connectivity index is 1.99. The predicted molar refractivity (Wildman–Crippen MR) is 109 cm³/mol. The van der Waals surface area contributed by atoms with Crippen molar-refractivity contribution in [1.29, 1.82) is 0 Å². The SMILES string of the molecule is Cc1ccc(N2P(N(C)C)N(c3ccc(C)cc3)P2N(C)C)cc1. The predicted octanol–water partition coefficient (Wildman–Crippen LogP) is 5.21. The van der Waals surface area contributed by atoms with E-state index in [2.05, 4.69) is 109 Å². The molecular weight excluding hydrogens is 334 g/mol. The third-order valence-electron chi connectivity index (χ3n) is 3.92. The molecule has 0 atom stereocenters. The van der Waals surface area contributed by atoms with Gasteiger partial charge in [0.1, 0.15) is 0 Å². The molecule has 0 spiro atoms. The molecule has 2 aromatic carbocycles. The van der Waals surface area contributed by atoms with Crippen LogP contribution in [0, 0.1) is 13.8 Å². The summed E-state index contributed by atoms with van der Waals surface area (Å²) in [7, 11) is 7.63. The van der Waals surface area contributed by atoms with Crippen LogP contribution in [-0.2, 0) is 0 Å². The number of nitrogens with zero attached hydrogens (tertiary/aromatic N) is 4. The Morgan fingerprint density at radius 2 is 0.875 bits per heavy atom. The summed E-state index contributed by atoms with van der Waals surface area (Å²) in [5.74, 6) is 0. The number of hydrogen-bond donors (Lipinski definition) is 0. The molecular formula is C18H26N4P2. The van der Waals surface area contributed by atoms with Gasteiger partial charge in [-0.3, -0.25) is 18.2 Å². The zero-order chi connectivity index (χ0) is 17.4. The van der Waals surface area contributed by atoms with E-state index in [1.807, 2.05) is 0 Å². The van der Waals surface area contributed by atoms with Crippen LogP contribution in [0.5, 0.6) is 0 Å². The van der Waals surface area contributed by atoms with E-state index in [4.69, 9.17) is 0 Å². The molecule has 1 aliphatic rings. The molecule has 0 aromatic heterocycles. The quantitative estimate of drug-likeness (QED) is 0.694. The highest BCUT2D eigenvalue weighted by atomic mass is 31.3. The van der Waals surface area contributed by atoms with Crippen molar-refractivity contribution in [3.05, 3.63) is 59.7 Å². The Bertz CT molecular complexity index is 616. The minimum absolute atomic E-state index is 0.540. The second-order valence-electron chi connectivity index (χ2n) is 6.48. The molecule has 1 saturated heterocycles. The molecule has 4 nitrogen and oxygen atoms in total. The largest absolute Gasteiger partial charge is 0.269 e. The zero-order valence-electron chi connectivity index (χ0n) is 15.3. The van der Waals surface area contributed by atoms with Crippen LogP contribution >= 0.6 is 16.7 Å². The van der Waals surface area contributed by atoms with Gasteiger partial charge in [-0.2, -0.15) is 0 Å². The first-order valence-electron chi connectivity index (χ1n) is 8.08. The van der Waals surface area contributed by atoms with Crippen LogP contribution in [0.2, 0.25) is 0 Å². The molecule has 0 N–H and O–H groups in total. The molecule has 0 unspecified atom stereocenters. The first-order chi connectivity index (χ1) is 11.4. The van der Waals surface area contributed by atoms with Crippen molar-refractivity contribution in [3.63, 3.8) is 0 Å². The number of hydrogen-bond acceptors (Lipinski definition) is 4. The zero-order valence-corrected chi connectivity index (χ0v) is 17.1. The van der Waals surface area contributed by atoms with Gasteiger partial charge in [0.15, 0.2) is 16.7 Å². The molecule has 0 amide bonds. The fraction of sp³-hybridized carbons (Fsp3) is 0.333. The highest BCUT2D eigenvalue weighted by Gasteiger charge is 2.51. The molecule has 1 fully saturated rings.